The third kappa shape index (κ3) is 4.52. The van der Waals surface area contributed by atoms with Gasteiger partial charge in [-0.15, -0.1) is 0 Å². The molecular weight excluding hydrogens is 238 g/mol. The zero-order valence-corrected chi connectivity index (χ0v) is 10.9. The Labute approximate surface area is 112 Å². The van der Waals surface area contributed by atoms with Gasteiger partial charge in [0.2, 0.25) is 5.91 Å². The number of amides is 1. The smallest absolute Gasteiger partial charge is 0.238 e. The standard InChI is InChI=1S/C15H17N3O/c1-12-4-6-14(7-5-12)18-15(19)11-17-10-13-3-2-8-16-9-13/h2-9,17H,10-11H2,1H3,(H,18,19). The minimum Gasteiger partial charge on any atom is -0.325 e. The molecule has 0 atom stereocenters. The number of nitrogens with one attached hydrogen (secondary N) is 2. The number of benzene rings is 1. The second kappa shape index (κ2) is 6.66. The maximum absolute atomic E-state index is 11.7. The Hall–Kier alpha value is -2.20. The molecule has 1 amide bonds. The number of hydrogen-bond acceptors (Lipinski definition) is 3. The Morgan fingerprint density at radius 2 is 2.00 bits per heavy atom. The third-order valence-electron chi connectivity index (χ3n) is 2.67. The van der Waals surface area contributed by atoms with Crippen LogP contribution in [-0.2, 0) is 11.3 Å². The largest absolute Gasteiger partial charge is 0.325 e. The fourth-order valence-corrected chi connectivity index (χ4v) is 1.67. The molecule has 2 rings (SSSR count). The molecule has 0 aliphatic heterocycles. The van der Waals surface area contributed by atoms with E-state index in [-0.39, 0.29) is 12.5 Å². The quantitative estimate of drug-likeness (QED) is 0.860. The maximum Gasteiger partial charge on any atom is 0.238 e. The SMILES string of the molecule is Cc1ccc(NC(=O)CNCc2cccnc2)cc1. The number of rotatable bonds is 5. The van der Waals surface area contributed by atoms with Gasteiger partial charge in [0, 0.05) is 24.6 Å². The Balaban J connectivity index is 1.74. The van der Waals surface area contributed by atoms with Gasteiger partial charge in [-0.2, -0.15) is 0 Å². The topological polar surface area (TPSA) is 54.0 Å². The fraction of sp³-hybridized carbons (Fsp3) is 0.200. The zero-order valence-electron chi connectivity index (χ0n) is 10.9. The normalized spacial score (nSPS) is 10.2. The van der Waals surface area contributed by atoms with Crippen LogP contribution in [0.1, 0.15) is 11.1 Å². The third-order valence-corrected chi connectivity index (χ3v) is 2.67. The number of aromatic nitrogens is 1. The van der Waals surface area contributed by atoms with Crippen molar-refractivity contribution in [3.8, 4) is 0 Å². The highest BCUT2D eigenvalue weighted by Gasteiger charge is 2.01. The lowest BCUT2D eigenvalue weighted by Crippen LogP contribution is -2.27. The van der Waals surface area contributed by atoms with Gasteiger partial charge < -0.3 is 10.6 Å². The molecule has 1 aromatic heterocycles. The summed E-state index contributed by atoms with van der Waals surface area (Å²) in [7, 11) is 0. The van der Waals surface area contributed by atoms with E-state index in [2.05, 4.69) is 15.6 Å². The molecule has 2 N–H and O–H groups in total. The lowest BCUT2D eigenvalue weighted by Gasteiger charge is -2.07. The molecule has 19 heavy (non-hydrogen) atoms. The molecule has 0 saturated carbocycles. The number of carbonyl (C=O) groups is 1. The molecule has 4 heteroatoms. The van der Waals surface area contributed by atoms with E-state index in [0.29, 0.717) is 6.54 Å². The molecule has 0 saturated heterocycles. The van der Waals surface area contributed by atoms with Crippen LogP contribution in [0.25, 0.3) is 0 Å². The summed E-state index contributed by atoms with van der Waals surface area (Å²) in [5.41, 5.74) is 3.05. The first kappa shape index (κ1) is 13.2. The van der Waals surface area contributed by atoms with Crippen molar-refractivity contribution < 1.29 is 4.79 Å². The highest BCUT2D eigenvalue weighted by atomic mass is 16.1. The summed E-state index contributed by atoms with van der Waals surface area (Å²) in [5.74, 6) is -0.0484. The van der Waals surface area contributed by atoms with Gasteiger partial charge in [0.15, 0.2) is 0 Å². The number of carbonyl (C=O) groups excluding carboxylic acids is 1. The van der Waals surface area contributed by atoms with Crippen LogP contribution in [0.4, 0.5) is 5.69 Å². The summed E-state index contributed by atoms with van der Waals surface area (Å²) in [6.07, 6.45) is 3.51. The zero-order chi connectivity index (χ0) is 13.5. The molecule has 0 aliphatic carbocycles. The average Bonchev–Trinajstić information content (AvgIpc) is 2.43. The van der Waals surface area contributed by atoms with Crippen LogP contribution in [0.5, 0.6) is 0 Å². The second-order valence-corrected chi connectivity index (χ2v) is 4.38. The summed E-state index contributed by atoms with van der Waals surface area (Å²) < 4.78 is 0. The van der Waals surface area contributed by atoms with Crippen LogP contribution in [0, 0.1) is 6.92 Å². The van der Waals surface area contributed by atoms with Crippen LogP contribution in [0.3, 0.4) is 0 Å². The Bertz CT molecular complexity index is 523. The minimum atomic E-state index is -0.0484. The summed E-state index contributed by atoms with van der Waals surface area (Å²) >= 11 is 0. The van der Waals surface area contributed by atoms with E-state index >= 15 is 0 Å². The van der Waals surface area contributed by atoms with Crippen molar-refractivity contribution in [3.05, 3.63) is 59.9 Å². The fourth-order valence-electron chi connectivity index (χ4n) is 1.67. The summed E-state index contributed by atoms with van der Waals surface area (Å²) in [6.45, 7) is 2.93. The first-order chi connectivity index (χ1) is 9.24. The van der Waals surface area contributed by atoms with Gasteiger partial charge in [0.1, 0.15) is 0 Å². The van der Waals surface area contributed by atoms with Crippen molar-refractivity contribution in [2.45, 2.75) is 13.5 Å². The number of aryl methyl sites for hydroxylation is 1. The molecule has 0 aliphatic rings. The maximum atomic E-state index is 11.7. The summed E-state index contributed by atoms with van der Waals surface area (Å²) in [5, 5.41) is 5.92. The van der Waals surface area contributed by atoms with Crippen molar-refractivity contribution in [1.82, 2.24) is 10.3 Å². The predicted octanol–water partition coefficient (Wildman–Crippen LogP) is 2.12. The average molecular weight is 255 g/mol. The molecule has 0 radical (unpaired) electrons. The highest BCUT2D eigenvalue weighted by Crippen LogP contribution is 2.07. The minimum absolute atomic E-state index is 0.0484. The highest BCUT2D eigenvalue weighted by molar-refractivity contribution is 5.92. The van der Waals surface area contributed by atoms with Crippen LogP contribution < -0.4 is 10.6 Å². The van der Waals surface area contributed by atoms with Gasteiger partial charge >= 0.3 is 0 Å². The van der Waals surface area contributed by atoms with Gasteiger partial charge in [-0.3, -0.25) is 9.78 Å². The van der Waals surface area contributed by atoms with E-state index in [1.54, 1.807) is 12.4 Å². The molecule has 0 bridgehead atoms. The summed E-state index contributed by atoms with van der Waals surface area (Å²) in [4.78, 5) is 15.7. The first-order valence-electron chi connectivity index (χ1n) is 6.20. The van der Waals surface area contributed by atoms with Gasteiger partial charge in [-0.05, 0) is 30.7 Å². The molecule has 1 heterocycles. The van der Waals surface area contributed by atoms with Crippen molar-refractivity contribution in [1.29, 1.82) is 0 Å². The van der Waals surface area contributed by atoms with Gasteiger partial charge in [0.25, 0.3) is 0 Å². The van der Waals surface area contributed by atoms with Gasteiger partial charge in [-0.25, -0.2) is 0 Å². The molecule has 4 nitrogen and oxygen atoms in total. The van der Waals surface area contributed by atoms with E-state index in [4.69, 9.17) is 0 Å². The molecule has 0 unspecified atom stereocenters. The van der Waals surface area contributed by atoms with Crippen molar-refractivity contribution in [2.24, 2.45) is 0 Å². The number of pyridine rings is 1. The van der Waals surface area contributed by atoms with Gasteiger partial charge in [0.05, 0.1) is 6.54 Å². The lowest BCUT2D eigenvalue weighted by molar-refractivity contribution is -0.115. The number of anilines is 1. The van der Waals surface area contributed by atoms with Gasteiger partial charge in [-0.1, -0.05) is 23.8 Å². The van der Waals surface area contributed by atoms with Crippen LogP contribution >= 0.6 is 0 Å². The number of nitrogens with zero attached hydrogens (tertiary/aromatic N) is 1. The molecule has 0 spiro atoms. The Morgan fingerprint density at radius 1 is 1.21 bits per heavy atom. The molecule has 1 aromatic carbocycles. The van der Waals surface area contributed by atoms with Crippen LogP contribution in [-0.4, -0.2) is 17.4 Å². The van der Waals surface area contributed by atoms with Crippen LogP contribution in [0.2, 0.25) is 0 Å². The Morgan fingerprint density at radius 3 is 2.68 bits per heavy atom. The van der Waals surface area contributed by atoms with E-state index in [0.717, 1.165) is 11.3 Å². The second-order valence-electron chi connectivity index (χ2n) is 4.38. The van der Waals surface area contributed by atoms with E-state index < -0.39 is 0 Å². The molecule has 2 aromatic rings. The van der Waals surface area contributed by atoms with E-state index in [9.17, 15) is 4.79 Å². The molecular formula is C15H17N3O. The van der Waals surface area contributed by atoms with E-state index in [1.165, 1.54) is 5.56 Å². The first-order valence-corrected chi connectivity index (χ1v) is 6.20. The summed E-state index contributed by atoms with van der Waals surface area (Å²) in [6, 6.07) is 11.6. The van der Waals surface area contributed by atoms with Crippen molar-refractivity contribution in [3.63, 3.8) is 0 Å². The molecule has 98 valence electrons. The van der Waals surface area contributed by atoms with Crippen molar-refractivity contribution in [2.75, 3.05) is 11.9 Å². The van der Waals surface area contributed by atoms with Crippen molar-refractivity contribution >= 4 is 11.6 Å². The predicted molar refractivity (Wildman–Crippen MR) is 75.8 cm³/mol. The number of hydrogen-bond donors (Lipinski definition) is 2. The van der Waals surface area contributed by atoms with Crippen LogP contribution in [0.15, 0.2) is 48.8 Å². The Kier molecular flexibility index (Phi) is 4.64. The molecule has 0 fully saturated rings. The van der Waals surface area contributed by atoms with E-state index in [1.807, 2.05) is 43.3 Å². The monoisotopic (exact) mass is 255 g/mol. The lowest BCUT2D eigenvalue weighted by atomic mass is 10.2.